The van der Waals surface area contributed by atoms with Gasteiger partial charge in [0.05, 0.1) is 30.5 Å². The van der Waals surface area contributed by atoms with E-state index in [4.69, 9.17) is 14.2 Å². The lowest BCUT2D eigenvalue weighted by molar-refractivity contribution is -0.132. The SMILES string of the molecule is C=CCOC(=O)c1sc(N2C(=O)C(=O)C(=C(O)c3ccc(F)cc3)C2c2ccc(OCC)c(OCC)c2)nc1C. The first-order chi connectivity index (χ1) is 19.2. The second-order valence-electron chi connectivity index (χ2n) is 8.55. The van der Waals surface area contributed by atoms with Crippen LogP contribution in [0.1, 0.15) is 46.4 Å². The fraction of sp³-hybridized carbons (Fsp3) is 0.241. The molecular formula is C29H27FN2O7S. The maximum atomic E-state index is 13.6. The molecule has 1 aliphatic heterocycles. The van der Waals surface area contributed by atoms with Crippen molar-refractivity contribution in [1.82, 2.24) is 4.98 Å². The minimum absolute atomic E-state index is 0.0138. The molecule has 1 aliphatic rings. The summed E-state index contributed by atoms with van der Waals surface area (Å²) in [6.45, 7) is 9.42. The van der Waals surface area contributed by atoms with E-state index < -0.39 is 35.3 Å². The molecule has 1 fully saturated rings. The topological polar surface area (TPSA) is 115 Å². The van der Waals surface area contributed by atoms with Crippen LogP contribution in [0.3, 0.4) is 0 Å². The summed E-state index contributed by atoms with van der Waals surface area (Å²) in [5, 5.41) is 11.3. The van der Waals surface area contributed by atoms with Gasteiger partial charge in [-0.1, -0.05) is 30.1 Å². The van der Waals surface area contributed by atoms with Gasteiger partial charge >= 0.3 is 11.9 Å². The van der Waals surface area contributed by atoms with Crippen molar-refractivity contribution in [3.05, 3.63) is 88.2 Å². The Kier molecular flexibility index (Phi) is 8.64. The lowest BCUT2D eigenvalue weighted by Crippen LogP contribution is -2.29. The van der Waals surface area contributed by atoms with Crippen molar-refractivity contribution in [3.8, 4) is 11.5 Å². The molecule has 0 aliphatic carbocycles. The number of aromatic nitrogens is 1. The van der Waals surface area contributed by atoms with Crippen molar-refractivity contribution in [2.24, 2.45) is 0 Å². The first kappa shape index (κ1) is 28.5. The molecule has 11 heteroatoms. The Hall–Kier alpha value is -4.51. The molecule has 0 radical (unpaired) electrons. The van der Waals surface area contributed by atoms with Gasteiger partial charge in [-0.2, -0.15) is 0 Å². The quantitative estimate of drug-likeness (QED) is 0.115. The van der Waals surface area contributed by atoms with Crippen LogP contribution >= 0.6 is 11.3 Å². The van der Waals surface area contributed by atoms with Crippen molar-refractivity contribution in [3.63, 3.8) is 0 Å². The molecule has 40 heavy (non-hydrogen) atoms. The number of thiazole rings is 1. The van der Waals surface area contributed by atoms with E-state index in [-0.39, 0.29) is 27.8 Å². The smallest absolute Gasteiger partial charge is 0.350 e. The number of aliphatic hydroxyl groups excluding tert-OH is 1. The highest BCUT2D eigenvalue weighted by atomic mass is 32.1. The number of rotatable bonds is 10. The van der Waals surface area contributed by atoms with Crippen molar-refractivity contribution in [2.45, 2.75) is 26.8 Å². The van der Waals surface area contributed by atoms with E-state index in [0.717, 1.165) is 28.4 Å². The van der Waals surface area contributed by atoms with Gasteiger partial charge in [-0.25, -0.2) is 14.2 Å². The average Bonchev–Trinajstić information content (AvgIpc) is 3.45. The number of Topliss-reactive ketones (excluding diaryl/α,β-unsaturated/α-hetero) is 1. The van der Waals surface area contributed by atoms with E-state index in [0.29, 0.717) is 36.0 Å². The van der Waals surface area contributed by atoms with Crippen molar-refractivity contribution in [2.75, 3.05) is 24.7 Å². The predicted octanol–water partition coefficient (Wildman–Crippen LogP) is 5.36. The third-order valence-electron chi connectivity index (χ3n) is 5.95. The van der Waals surface area contributed by atoms with E-state index in [1.807, 2.05) is 6.92 Å². The zero-order chi connectivity index (χ0) is 29.0. The average molecular weight is 567 g/mol. The van der Waals surface area contributed by atoms with E-state index >= 15 is 0 Å². The van der Waals surface area contributed by atoms with Crippen LogP contribution in [0.5, 0.6) is 11.5 Å². The fourth-order valence-corrected chi connectivity index (χ4v) is 5.21. The molecule has 9 nitrogen and oxygen atoms in total. The Bertz CT molecular complexity index is 1500. The molecular weight excluding hydrogens is 539 g/mol. The summed E-state index contributed by atoms with van der Waals surface area (Å²) in [5.74, 6) is -2.77. The summed E-state index contributed by atoms with van der Waals surface area (Å²) in [6, 6.07) is 8.64. The van der Waals surface area contributed by atoms with Crippen LogP contribution in [0.2, 0.25) is 0 Å². The molecule has 208 valence electrons. The lowest BCUT2D eigenvalue weighted by Gasteiger charge is -2.24. The number of hydrogen-bond donors (Lipinski definition) is 1. The Morgan fingerprint density at radius 1 is 1.12 bits per heavy atom. The van der Waals surface area contributed by atoms with Crippen LogP contribution < -0.4 is 14.4 Å². The molecule has 0 bridgehead atoms. The highest BCUT2D eigenvalue weighted by Crippen LogP contribution is 2.45. The van der Waals surface area contributed by atoms with Crippen LogP contribution in [0, 0.1) is 12.7 Å². The molecule has 4 rings (SSSR count). The van der Waals surface area contributed by atoms with Gasteiger partial charge in [-0.15, -0.1) is 0 Å². The second kappa shape index (κ2) is 12.1. The standard InChI is InChI=1S/C29H27FN2O7S/c1-5-14-39-28(36)26-16(4)31-29(40-26)32-23(18-10-13-20(37-6-2)21(15-18)38-7-3)22(25(34)27(32)35)24(33)17-8-11-19(30)12-9-17/h5,8-13,15,23,33H,1,6-7,14H2,2-4H3. The van der Waals surface area contributed by atoms with Crippen LogP contribution in [-0.4, -0.2) is 47.6 Å². The fourth-order valence-electron chi connectivity index (χ4n) is 4.22. The number of amides is 1. The summed E-state index contributed by atoms with van der Waals surface area (Å²) >= 11 is 0.880. The molecule has 1 saturated heterocycles. The van der Waals surface area contributed by atoms with Crippen LogP contribution in [-0.2, 0) is 14.3 Å². The number of ketones is 1. The lowest BCUT2D eigenvalue weighted by atomic mass is 9.95. The molecule has 0 saturated carbocycles. The van der Waals surface area contributed by atoms with Crippen LogP contribution in [0.15, 0.2) is 60.7 Å². The number of carbonyl (C=O) groups excluding carboxylic acids is 3. The Balaban J connectivity index is 1.92. The minimum atomic E-state index is -1.15. The molecule has 2 aromatic carbocycles. The van der Waals surface area contributed by atoms with Crippen molar-refractivity contribution >= 4 is 39.9 Å². The maximum Gasteiger partial charge on any atom is 0.350 e. The molecule has 1 aromatic heterocycles. The third kappa shape index (κ3) is 5.46. The van der Waals surface area contributed by atoms with Gasteiger partial charge in [-0.3, -0.25) is 14.5 Å². The largest absolute Gasteiger partial charge is 0.507 e. The zero-order valence-corrected chi connectivity index (χ0v) is 22.9. The summed E-state index contributed by atoms with van der Waals surface area (Å²) < 4.78 is 30.1. The van der Waals surface area contributed by atoms with Crippen molar-refractivity contribution < 1.29 is 38.1 Å². The third-order valence-corrected chi connectivity index (χ3v) is 7.09. The number of halogens is 1. The normalized spacial score (nSPS) is 16.2. The van der Waals surface area contributed by atoms with Crippen LogP contribution in [0.25, 0.3) is 5.76 Å². The van der Waals surface area contributed by atoms with Gasteiger partial charge in [0, 0.05) is 5.56 Å². The number of anilines is 1. The van der Waals surface area contributed by atoms with E-state index in [2.05, 4.69) is 11.6 Å². The predicted molar refractivity (Wildman–Crippen MR) is 147 cm³/mol. The summed E-state index contributed by atoms with van der Waals surface area (Å²) in [5.41, 5.74) is 0.629. The zero-order valence-electron chi connectivity index (χ0n) is 22.1. The first-order valence-electron chi connectivity index (χ1n) is 12.4. The highest BCUT2D eigenvalue weighted by Gasteiger charge is 2.48. The number of aryl methyl sites for hydroxylation is 1. The Morgan fingerprint density at radius 2 is 1.80 bits per heavy atom. The van der Waals surface area contributed by atoms with Gasteiger partial charge in [0.2, 0.25) is 0 Å². The van der Waals surface area contributed by atoms with E-state index in [1.165, 1.54) is 18.2 Å². The van der Waals surface area contributed by atoms with Gasteiger partial charge in [0.1, 0.15) is 23.1 Å². The van der Waals surface area contributed by atoms with Gasteiger partial charge in [0.25, 0.3) is 5.78 Å². The molecule has 1 atom stereocenters. The minimum Gasteiger partial charge on any atom is -0.507 e. The Labute approximate surface area is 234 Å². The van der Waals surface area contributed by atoms with Crippen molar-refractivity contribution in [1.29, 1.82) is 0 Å². The molecule has 0 spiro atoms. The summed E-state index contributed by atoms with van der Waals surface area (Å²) in [7, 11) is 0. The monoisotopic (exact) mass is 566 g/mol. The maximum absolute atomic E-state index is 13.6. The highest BCUT2D eigenvalue weighted by molar-refractivity contribution is 7.17. The molecule has 2 heterocycles. The van der Waals surface area contributed by atoms with E-state index in [9.17, 15) is 23.9 Å². The molecule has 1 N–H and O–H groups in total. The number of aliphatic hydroxyl groups is 1. The Morgan fingerprint density at radius 3 is 2.45 bits per heavy atom. The number of carbonyl (C=O) groups is 3. The molecule has 1 amide bonds. The molecule has 1 unspecified atom stereocenters. The van der Waals surface area contributed by atoms with E-state index in [1.54, 1.807) is 32.0 Å². The number of ether oxygens (including phenoxy) is 3. The number of hydrogen-bond acceptors (Lipinski definition) is 9. The first-order valence-corrected chi connectivity index (χ1v) is 13.2. The summed E-state index contributed by atoms with van der Waals surface area (Å²) in [4.78, 5) is 45.2. The number of esters is 1. The summed E-state index contributed by atoms with van der Waals surface area (Å²) in [6.07, 6.45) is 1.42. The van der Waals surface area contributed by atoms with Gasteiger partial charge < -0.3 is 19.3 Å². The number of nitrogens with zero attached hydrogens (tertiary/aromatic N) is 2. The second-order valence-corrected chi connectivity index (χ2v) is 9.52. The van der Waals surface area contributed by atoms with Crippen LogP contribution in [0.4, 0.5) is 9.52 Å². The molecule has 3 aromatic rings. The van der Waals surface area contributed by atoms with Gasteiger partial charge in [0.15, 0.2) is 16.6 Å². The number of benzene rings is 2. The van der Waals surface area contributed by atoms with Gasteiger partial charge in [-0.05, 0) is 62.7 Å².